The highest BCUT2D eigenvalue weighted by Crippen LogP contribution is 2.33. The molecule has 1 saturated heterocycles. The van der Waals surface area contributed by atoms with Crippen molar-refractivity contribution in [1.29, 1.82) is 0 Å². The van der Waals surface area contributed by atoms with Gasteiger partial charge in [0.25, 0.3) is 0 Å². The molecular weight excluding hydrogens is 458 g/mol. The van der Waals surface area contributed by atoms with Crippen LogP contribution in [0.5, 0.6) is 11.5 Å². The maximum atomic E-state index is 13.4. The van der Waals surface area contributed by atoms with Gasteiger partial charge in [-0.15, -0.1) is 11.3 Å². The van der Waals surface area contributed by atoms with E-state index in [4.69, 9.17) is 14.5 Å². The fraction of sp³-hybridized carbons (Fsp3) is 0.375. The first kappa shape index (κ1) is 23.5. The van der Waals surface area contributed by atoms with Crippen LogP contribution in [-0.4, -0.2) is 58.1 Å². The highest BCUT2D eigenvalue weighted by molar-refractivity contribution is 7.89. The summed E-state index contributed by atoms with van der Waals surface area (Å²) < 4.78 is 39.1. The second kappa shape index (κ2) is 9.32. The molecule has 0 N–H and O–H groups in total. The molecule has 1 aromatic heterocycles. The topological polar surface area (TPSA) is 72.0 Å². The number of nitrogens with zero attached hydrogens (tertiary/aromatic N) is 3. The average molecular weight is 488 g/mol. The zero-order chi connectivity index (χ0) is 23.8. The van der Waals surface area contributed by atoms with E-state index in [-0.39, 0.29) is 0 Å². The Morgan fingerprint density at radius 3 is 2.00 bits per heavy atom. The lowest BCUT2D eigenvalue weighted by Gasteiger charge is -2.34. The van der Waals surface area contributed by atoms with Gasteiger partial charge in [-0.2, -0.15) is 4.31 Å². The predicted octanol–water partition coefficient (Wildman–Crippen LogP) is 4.26. The largest absolute Gasteiger partial charge is 0.497 e. The molecule has 0 saturated carbocycles. The third-order valence-corrected chi connectivity index (χ3v) is 8.96. The number of benzene rings is 2. The van der Waals surface area contributed by atoms with Gasteiger partial charge in [0, 0.05) is 43.2 Å². The summed E-state index contributed by atoms with van der Waals surface area (Å²) in [5, 5.41) is 2.89. The van der Waals surface area contributed by atoms with Crippen molar-refractivity contribution in [3.05, 3.63) is 52.4 Å². The molecule has 2 aromatic carbocycles. The molecule has 4 rings (SSSR count). The Bertz CT molecular complexity index is 1220. The van der Waals surface area contributed by atoms with E-state index in [1.54, 1.807) is 29.9 Å². The van der Waals surface area contributed by atoms with Gasteiger partial charge in [0.05, 0.1) is 24.8 Å². The molecule has 7 nitrogen and oxygen atoms in total. The van der Waals surface area contributed by atoms with Crippen LogP contribution < -0.4 is 14.4 Å². The molecule has 3 aromatic rings. The van der Waals surface area contributed by atoms with Gasteiger partial charge in [0.15, 0.2) is 5.13 Å². The van der Waals surface area contributed by atoms with Gasteiger partial charge in [0.2, 0.25) is 10.0 Å². The van der Waals surface area contributed by atoms with E-state index in [9.17, 15) is 8.42 Å². The number of hydrogen-bond acceptors (Lipinski definition) is 7. The third-order valence-electron chi connectivity index (χ3n) is 5.85. The highest BCUT2D eigenvalue weighted by atomic mass is 32.2. The molecule has 0 spiro atoms. The van der Waals surface area contributed by atoms with E-state index in [1.807, 2.05) is 56.5 Å². The number of piperazine rings is 1. The van der Waals surface area contributed by atoms with Gasteiger partial charge in [-0.05, 0) is 44.0 Å². The van der Waals surface area contributed by atoms with Crippen LogP contribution in [0.25, 0.3) is 11.3 Å². The Balaban J connectivity index is 1.50. The number of methoxy groups -OCH3 is 2. The molecule has 33 heavy (non-hydrogen) atoms. The van der Waals surface area contributed by atoms with E-state index in [0.29, 0.717) is 42.6 Å². The number of sulfonamides is 1. The maximum absolute atomic E-state index is 13.4. The van der Waals surface area contributed by atoms with E-state index >= 15 is 0 Å². The van der Waals surface area contributed by atoms with Gasteiger partial charge in [-0.3, -0.25) is 0 Å². The smallest absolute Gasteiger partial charge is 0.243 e. The molecule has 0 unspecified atom stereocenters. The van der Waals surface area contributed by atoms with E-state index in [1.165, 1.54) is 0 Å². The Hall–Kier alpha value is -2.62. The number of ether oxygens (including phenoxy) is 2. The number of thiazole rings is 1. The first-order valence-corrected chi connectivity index (χ1v) is 13.1. The lowest BCUT2D eigenvalue weighted by atomic mass is 10.1. The SMILES string of the molecule is COc1cc(OC)cc(-c2csc(N3CCN(S(=O)(=O)c4c(C)cc(C)cc4C)CC3)n2)c1. The second-order valence-electron chi connectivity index (χ2n) is 8.24. The number of hydrogen-bond donors (Lipinski definition) is 0. The summed E-state index contributed by atoms with van der Waals surface area (Å²) >= 11 is 1.55. The Morgan fingerprint density at radius 1 is 0.879 bits per heavy atom. The van der Waals surface area contributed by atoms with Gasteiger partial charge in [-0.1, -0.05) is 17.7 Å². The first-order valence-electron chi connectivity index (χ1n) is 10.7. The number of aryl methyl sites for hydroxylation is 3. The molecule has 2 heterocycles. The van der Waals surface area contributed by atoms with Crippen molar-refractivity contribution >= 4 is 26.5 Å². The number of aromatic nitrogens is 1. The van der Waals surface area contributed by atoms with Crippen molar-refractivity contribution in [2.75, 3.05) is 45.3 Å². The lowest BCUT2D eigenvalue weighted by molar-refractivity contribution is 0.384. The summed E-state index contributed by atoms with van der Waals surface area (Å²) in [6, 6.07) is 9.55. The van der Waals surface area contributed by atoms with Gasteiger partial charge in [0.1, 0.15) is 11.5 Å². The van der Waals surface area contributed by atoms with Gasteiger partial charge >= 0.3 is 0 Å². The van der Waals surface area contributed by atoms with Crippen molar-refractivity contribution in [3.63, 3.8) is 0 Å². The molecule has 9 heteroatoms. The molecule has 0 aliphatic carbocycles. The molecule has 0 atom stereocenters. The predicted molar refractivity (Wildman–Crippen MR) is 132 cm³/mol. The zero-order valence-electron chi connectivity index (χ0n) is 19.6. The van der Waals surface area contributed by atoms with Gasteiger partial charge in [-0.25, -0.2) is 13.4 Å². The van der Waals surface area contributed by atoms with Crippen LogP contribution in [0.1, 0.15) is 16.7 Å². The molecule has 0 radical (unpaired) electrons. The summed E-state index contributed by atoms with van der Waals surface area (Å²) in [5.41, 5.74) is 4.43. The van der Waals surface area contributed by atoms with Crippen LogP contribution in [0, 0.1) is 20.8 Å². The highest BCUT2D eigenvalue weighted by Gasteiger charge is 2.31. The quantitative estimate of drug-likeness (QED) is 0.517. The minimum Gasteiger partial charge on any atom is -0.497 e. The van der Waals surface area contributed by atoms with Crippen LogP contribution in [0.15, 0.2) is 40.6 Å². The Kier molecular flexibility index (Phi) is 6.65. The third kappa shape index (κ3) is 4.71. The van der Waals surface area contributed by atoms with Crippen molar-refractivity contribution < 1.29 is 17.9 Å². The molecule has 1 aliphatic heterocycles. The summed E-state index contributed by atoms with van der Waals surface area (Å²) in [6.45, 7) is 7.77. The number of anilines is 1. The van der Waals surface area contributed by atoms with Crippen molar-refractivity contribution in [3.8, 4) is 22.8 Å². The monoisotopic (exact) mass is 487 g/mol. The Labute approximate surface area is 199 Å². The lowest BCUT2D eigenvalue weighted by Crippen LogP contribution is -2.48. The van der Waals surface area contributed by atoms with Crippen LogP contribution in [-0.2, 0) is 10.0 Å². The fourth-order valence-electron chi connectivity index (χ4n) is 4.32. The van der Waals surface area contributed by atoms with Crippen LogP contribution in [0.3, 0.4) is 0 Å². The summed E-state index contributed by atoms with van der Waals surface area (Å²) in [4.78, 5) is 7.38. The normalized spacial score (nSPS) is 15.0. The summed E-state index contributed by atoms with van der Waals surface area (Å²) in [5.74, 6) is 1.42. The fourth-order valence-corrected chi connectivity index (χ4v) is 7.04. The maximum Gasteiger partial charge on any atom is 0.243 e. The number of rotatable bonds is 6. The van der Waals surface area contributed by atoms with Crippen LogP contribution in [0.4, 0.5) is 5.13 Å². The molecule has 1 fully saturated rings. The second-order valence-corrected chi connectivity index (χ2v) is 10.9. The standard InChI is InChI=1S/C24H29N3O4S2/c1-16-10-17(2)23(18(3)11-16)33(28,29)27-8-6-26(7-9-27)24-25-22(15-32-24)19-12-20(30-4)14-21(13-19)31-5/h10-15H,6-9H2,1-5H3. The molecule has 176 valence electrons. The first-order chi connectivity index (χ1) is 15.7. The summed E-state index contributed by atoms with van der Waals surface area (Å²) in [7, 11) is -0.291. The minimum absolute atomic E-state index is 0.428. The van der Waals surface area contributed by atoms with Gasteiger partial charge < -0.3 is 14.4 Å². The van der Waals surface area contributed by atoms with Crippen molar-refractivity contribution in [1.82, 2.24) is 9.29 Å². The molecule has 1 aliphatic rings. The van der Waals surface area contributed by atoms with E-state index in [0.717, 1.165) is 33.1 Å². The van der Waals surface area contributed by atoms with Crippen LogP contribution >= 0.6 is 11.3 Å². The molecule has 0 bridgehead atoms. The van der Waals surface area contributed by atoms with Crippen LogP contribution in [0.2, 0.25) is 0 Å². The van der Waals surface area contributed by atoms with E-state index < -0.39 is 10.0 Å². The van der Waals surface area contributed by atoms with Crippen molar-refractivity contribution in [2.45, 2.75) is 25.7 Å². The van der Waals surface area contributed by atoms with Crippen molar-refractivity contribution in [2.24, 2.45) is 0 Å². The minimum atomic E-state index is -3.54. The molecular formula is C24H29N3O4S2. The Morgan fingerprint density at radius 2 is 1.45 bits per heavy atom. The summed E-state index contributed by atoms with van der Waals surface area (Å²) in [6.07, 6.45) is 0. The zero-order valence-corrected chi connectivity index (χ0v) is 21.2. The van der Waals surface area contributed by atoms with E-state index in [2.05, 4.69) is 4.90 Å². The average Bonchev–Trinajstić information content (AvgIpc) is 3.28. The molecule has 0 amide bonds.